The summed E-state index contributed by atoms with van der Waals surface area (Å²) < 4.78 is 28.4. The van der Waals surface area contributed by atoms with Crippen LogP contribution in [0.4, 0.5) is 0 Å². The van der Waals surface area contributed by atoms with E-state index in [-0.39, 0.29) is 22.5 Å². The van der Waals surface area contributed by atoms with Crippen LogP contribution < -0.4 is 21.1 Å². The van der Waals surface area contributed by atoms with Gasteiger partial charge in [0.2, 0.25) is 15.9 Å². The largest absolute Gasteiger partial charge is 0.493 e. The van der Waals surface area contributed by atoms with Gasteiger partial charge in [-0.3, -0.25) is 9.98 Å². The van der Waals surface area contributed by atoms with Gasteiger partial charge in [-0.2, -0.15) is 9.61 Å². The molecule has 3 aromatic heterocycles. The molecule has 1 fully saturated rings. The molecular formula is C20H19N7O4S. The number of H-pyrrole nitrogens is 2. The summed E-state index contributed by atoms with van der Waals surface area (Å²) in [6.07, 6.45) is 5.10. The van der Waals surface area contributed by atoms with Gasteiger partial charge in [0.05, 0.1) is 22.8 Å². The first kappa shape index (κ1) is 20.2. The average Bonchev–Trinajstić information content (AvgIpc) is 3.42. The number of nitrogens with one attached hydrogen (secondary N) is 3. The lowest BCUT2D eigenvalue weighted by Gasteiger charge is -2.06. The number of hydrogen-bond acceptors (Lipinski definition) is 7. The molecule has 1 aliphatic carbocycles. The molecule has 1 aliphatic rings. The molecule has 3 heterocycles. The molecule has 0 bridgehead atoms. The quantitative estimate of drug-likeness (QED) is 0.323. The van der Waals surface area contributed by atoms with E-state index in [0.29, 0.717) is 27.6 Å². The van der Waals surface area contributed by atoms with Crippen molar-refractivity contribution in [2.75, 3.05) is 7.05 Å². The van der Waals surface area contributed by atoms with Gasteiger partial charge < -0.3 is 10.1 Å². The Morgan fingerprint density at radius 1 is 1.28 bits per heavy atom. The normalized spacial score (nSPS) is 15.7. The summed E-state index contributed by atoms with van der Waals surface area (Å²) in [6.45, 7) is 0. The predicted octanol–water partition coefficient (Wildman–Crippen LogP) is -0.363. The lowest BCUT2D eigenvalue weighted by molar-refractivity contribution is 0.454. The number of aromatic amines is 2. The monoisotopic (exact) mass is 453 g/mol. The second-order valence-corrected chi connectivity index (χ2v) is 9.30. The standard InChI is InChI=1S/C20H19N7O4S/c1-21-32(30,31)14-4-2-3-11(7-14)15-9-17(23-13-5-6-13)27-18(24-15)12(10-22-27)8-16-19(28)26-20(29)25-16/h2-4,7-10,13,21,28H,5-6H2,1H3,(H2,25,26,29). The molecule has 0 unspecified atom stereocenters. The van der Waals surface area contributed by atoms with Crippen molar-refractivity contribution in [3.8, 4) is 17.1 Å². The average molecular weight is 453 g/mol. The Bertz CT molecular complexity index is 1630. The van der Waals surface area contributed by atoms with Crippen molar-refractivity contribution in [3.63, 3.8) is 0 Å². The van der Waals surface area contributed by atoms with E-state index in [9.17, 15) is 18.3 Å². The van der Waals surface area contributed by atoms with Crippen LogP contribution in [0.25, 0.3) is 23.0 Å². The molecule has 32 heavy (non-hydrogen) atoms. The molecule has 4 N–H and O–H groups in total. The number of benzene rings is 1. The van der Waals surface area contributed by atoms with Gasteiger partial charge in [0.25, 0.3) is 0 Å². The fraction of sp³-hybridized carbons (Fsp3) is 0.200. The molecule has 11 nitrogen and oxygen atoms in total. The zero-order chi connectivity index (χ0) is 22.5. The van der Waals surface area contributed by atoms with E-state index in [0.717, 1.165) is 12.8 Å². The number of hydrogen-bond donors (Lipinski definition) is 4. The number of rotatable bonds is 5. The van der Waals surface area contributed by atoms with Crippen molar-refractivity contribution in [1.82, 2.24) is 29.3 Å². The highest BCUT2D eigenvalue weighted by Crippen LogP contribution is 2.23. The van der Waals surface area contributed by atoms with Gasteiger partial charge >= 0.3 is 5.69 Å². The summed E-state index contributed by atoms with van der Waals surface area (Å²) in [6, 6.07) is 8.45. The summed E-state index contributed by atoms with van der Waals surface area (Å²) in [4.78, 5) is 25.8. The zero-order valence-corrected chi connectivity index (χ0v) is 17.7. The molecular weight excluding hydrogens is 434 g/mol. The SMILES string of the molecule is CNS(=O)(=O)c1cccc(-c2cc(=NC3CC3)n3ncc(=Cc4[nH]c(=O)[nH]c4O)c3n2)c1. The number of sulfonamides is 1. The molecule has 0 saturated heterocycles. The Balaban J connectivity index is 1.76. The molecule has 0 amide bonds. The molecule has 0 aliphatic heterocycles. The number of nitrogens with zero attached hydrogens (tertiary/aromatic N) is 4. The van der Waals surface area contributed by atoms with Crippen LogP contribution in [0, 0.1) is 0 Å². The molecule has 1 aromatic carbocycles. The highest BCUT2D eigenvalue weighted by Gasteiger charge is 2.21. The van der Waals surface area contributed by atoms with Gasteiger partial charge in [-0.05, 0) is 38.1 Å². The van der Waals surface area contributed by atoms with Crippen LogP contribution in [0.3, 0.4) is 0 Å². The molecule has 0 spiro atoms. The van der Waals surface area contributed by atoms with E-state index in [1.165, 1.54) is 13.1 Å². The van der Waals surface area contributed by atoms with E-state index in [1.54, 1.807) is 41.1 Å². The van der Waals surface area contributed by atoms with Crippen LogP contribution in [0.15, 0.2) is 51.2 Å². The first-order valence-corrected chi connectivity index (χ1v) is 11.3. The van der Waals surface area contributed by atoms with Crippen molar-refractivity contribution in [1.29, 1.82) is 0 Å². The van der Waals surface area contributed by atoms with Gasteiger partial charge in [0, 0.05) is 16.8 Å². The Morgan fingerprint density at radius 3 is 2.78 bits per heavy atom. The number of aromatic hydroxyl groups is 1. The fourth-order valence-corrected chi connectivity index (χ4v) is 4.06. The van der Waals surface area contributed by atoms with E-state index in [2.05, 4.69) is 24.8 Å². The van der Waals surface area contributed by atoms with Crippen molar-refractivity contribution >= 4 is 21.7 Å². The van der Waals surface area contributed by atoms with Crippen LogP contribution in [0.5, 0.6) is 5.88 Å². The highest BCUT2D eigenvalue weighted by molar-refractivity contribution is 7.89. The second kappa shape index (κ2) is 7.43. The fourth-order valence-electron chi connectivity index (χ4n) is 3.28. The van der Waals surface area contributed by atoms with Gasteiger partial charge in [-0.15, -0.1) is 0 Å². The molecule has 164 valence electrons. The van der Waals surface area contributed by atoms with Crippen LogP contribution in [0.1, 0.15) is 18.5 Å². The summed E-state index contributed by atoms with van der Waals surface area (Å²) in [5, 5.41) is 14.8. The lowest BCUT2D eigenvalue weighted by Crippen LogP contribution is -2.20. The maximum atomic E-state index is 12.2. The van der Waals surface area contributed by atoms with E-state index in [1.807, 2.05) is 0 Å². The third-order valence-electron chi connectivity index (χ3n) is 5.09. The van der Waals surface area contributed by atoms with Crippen LogP contribution in [-0.4, -0.2) is 51.2 Å². The third-order valence-corrected chi connectivity index (χ3v) is 6.50. The topological polar surface area (TPSA) is 158 Å². The maximum Gasteiger partial charge on any atom is 0.326 e. The van der Waals surface area contributed by atoms with Crippen molar-refractivity contribution in [2.24, 2.45) is 4.99 Å². The van der Waals surface area contributed by atoms with Gasteiger partial charge in [0.15, 0.2) is 11.1 Å². The Hall–Kier alpha value is -3.77. The molecule has 5 rings (SSSR count). The molecule has 4 aromatic rings. The van der Waals surface area contributed by atoms with E-state index >= 15 is 0 Å². The van der Waals surface area contributed by atoms with Crippen molar-refractivity contribution in [2.45, 2.75) is 23.8 Å². The number of aromatic nitrogens is 5. The van der Waals surface area contributed by atoms with Gasteiger partial charge in [0.1, 0.15) is 5.69 Å². The van der Waals surface area contributed by atoms with Crippen LogP contribution >= 0.6 is 0 Å². The Kier molecular flexibility index (Phi) is 4.68. The summed E-state index contributed by atoms with van der Waals surface area (Å²) in [5.74, 6) is -0.293. The number of fused-ring (bicyclic) bond motifs is 1. The first-order valence-electron chi connectivity index (χ1n) is 9.83. The molecule has 1 saturated carbocycles. The van der Waals surface area contributed by atoms with Gasteiger partial charge in [-0.25, -0.2) is 22.9 Å². The van der Waals surface area contributed by atoms with E-state index < -0.39 is 15.7 Å². The predicted molar refractivity (Wildman–Crippen MR) is 115 cm³/mol. The first-order chi connectivity index (χ1) is 15.3. The second-order valence-electron chi connectivity index (χ2n) is 7.42. The van der Waals surface area contributed by atoms with Crippen LogP contribution in [0.2, 0.25) is 0 Å². The van der Waals surface area contributed by atoms with Crippen molar-refractivity contribution < 1.29 is 13.5 Å². The third kappa shape index (κ3) is 3.69. The highest BCUT2D eigenvalue weighted by atomic mass is 32.2. The number of imidazole rings is 1. The minimum absolute atomic E-state index is 0.120. The van der Waals surface area contributed by atoms with Crippen molar-refractivity contribution in [3.05, 3.63) is 63.4 Å². The summed E-state index contributed by atoms with van der Waals surface area (Å²) >= 11 is 0. The van der Waals surface area contributed by atoms with Gasteiger partial charge in [-0.1, -0.05) is 12.1 Å². The summed E-state index contributed by atoms with van der Waals surface area (Å²) in [5.41, 5.74) is 1.81. The minimum Gasteiger partial charge on any atom is -0.493 e. The summed E-state index contributed by atoms with van der Waals surface area (Å²) in [7, 11) is -2.27. The zero-order valence-electron chi connectivity index (χ0n) is 16.9. The minimum atomic E-state index is -3.62. The Labute approximate surface area is 181 Å². The molecule has 12 heteroatoms. The lowest BCUT2D eigenvalue weighted by atomic mass is 10.1. The Morgan fingerprint density at radius 2 is 2.09 bits per heavy atom. The van der Waals surface area contributed by atoms with E-state index in [4.69, 9.17) is 4.99 Å². The molecule has 0 atom stereocenters. The maximum absolute atomic E-state index is 12.2. The smallest absolute Gasteiger partial charge is 0.326 e. The van der Waals surface area contributed by atoms with Crippen LogP contribution in [-0.2, 0) is 10.0 Å². The molecule has 0 radical (unpaired) electrons.